The number of piperidine rings is 1. The van der Waals surface area contributed by atoms with Gasteiger partial charge in [-0.3, -0.25) is 14.8 Å². The zero-order chi connectivity index (χ0) is 23.0. The molecule has 0 radical (unpaired) electrons. The zero-order valence-corrected chi connectivity index (χ0v) is 18.9. The lowest BCUT2D eigenvalue weighted by atomic mass is 9.90. The van der Waals surface area contributed by atoms with E-state index in [0.717, 1.165) is 33.4 Å². The maximum Gasteiger partial charge on any atom is 0.251 e. The fourth-order valence-corrected chi connectivity index (χ4v) is 4.38. The van der Waals surface area contributed by atoms with Crippen LogP contribution in [0.2, 0.25) is 0 Å². The van der Waals surface area contributed by atoms with Crippen molar-refractivity contribution >= 4 is 33.5 Å². The van der Waals surface area contributed by atoms with Gasteiger partial charge in [0.1, 0.15) is 5.82 Å². The van der Waals surface area contributed by atoms with Gasteiger partial charge in [-0.25, -0.2) is 4.98 Å². The van der Waals surface area contributed by atoms with Crippen LogP contribution in [0.25, 0.3) is 21.9 Å². The first-order chi connectivity index (χ1) is 15.9. The van der Waals surface area contributed by atoms with E-state index in [0.29, 0.717) is 31.5 Å². The highest BCUT2D eigenvalue weighted by molar-refractivity contribution is 5.97. The molecule has 33 heavy (non-hydrogen) atoms. The molecular weight excluding hydrogens is 416 g/mol. The Hall–Kier alpha value is -3.52. The number of pyridine rings is 2. The highest BCUT2D eigenvalue weighted by atomic mass is 16.3. The van der Waals surface area contributed by atoms with Crippen molar-refractivity contribution in [3.8, 4) is 0 Å². The number of nitrogens with one attached hydrogen (secondary N) is 2. The first kappa shape index (κ1) is 21.3. The lowest BCUT2D eigenvalue weighted by molar-refractivity contribution is 0.0166. The van der Waals surface area contributed by atoms with E-state index in [1.165, 1.54) is 0 Å². The third kappa shape index (κ3) is 4.26. The van der Waals surface area contributed by atoms with Gasteiger partial charge in [-0.15, -0.1) is 0 Å². The molecule has 4 heterocycles. The van der Waals surface area contributed by atoms with Crippen LogP contribution in [0.15, 0.2) is 48.9 Å². The minimum atomic E-state index is -0.934. The normalized spacial score (nSPS) is 15.9. The molecule has 1 aromatic carbocycles. The Kier molecular flexibility index (Phi) is 5.46. The van der Waals surface area contributed by atoms with Crippen LogP contribution in [0.4, 0.5) is 5.69 Å². The van der Waals surface area contributed by atoms with Gasteiger partial charge in [-0.1, -0.05) is 13.8 Å². The third-order valence-corrected chi connectivity index (χ3v) is 6.44. The number of rotatable bonds is 5. The largest absolute Gasteiger partial charge is 0.388 e. The van der Waals surface area contributed by atoms with Crippen LogP contribution < -0.4 is 10.2 Å². The summed E-state index contributed by atoms with van der Waals surface area (Å²) in [4.78, 5) is 31.5. The summed E-state index contributed by atoms with van der Waals surface area (Å²) < 4.78 is 0. The van der Waals surface area contributed by atoms with Crippen molar-refractivity contribution in [2.24, 2.45) is 0 Å². The highest BCUT2D eigenvalue weighted by Gasteiger charge is 2.33. The molecule has 1 amide bonds. The Balaban J connectivity index is 1.22. The first-order valence-corrected chi connectivity index (χ1v) is 11.4. The second kappa shape index (κ2) is 8.44. The maximum atomic E-state index is 12.8. The van der Waals surface area contributed by atoms with Crippen LogP contribution in [0.1, 0.15) is 48.8 Å². The second-order valence-corrected chi connectivity index (χ2v) is 9.13. The second-order valence-electron chi connectivity index (χ2n) is 9.13. The van der Waals surface area contributed by atoms with Crippen LogP contribution >= 0.6 is 0 Å². The number of carbonyl (C=O) groups is 1. The third-order valence-electron chi connectivity index (χ3n) is 6.44. The van der Waals surface area contributed by atoms with E-state index < -0.39 is 5.60 Å². The van der Waals surface area contributed by atoms with E-state index >= 15 is 0 Å². The predicted octanol–water partition coefficient (Wildman–Crippen LogP) is 3.39. The van der Waals surface area contributed by atoms with Gasteiger partial charge < -0.3 is 20.3 Å². The zero-order valence-electron chi connectivity index (χ0n) is 18.9. The molecule has 1 aliphatic rings. The topological polar surface area (TPSA) is 107 Å². The van der Waals surface area contributed by atoms with Crippen LogP contribution in [0, 0.1) is 0 Å². The molecule has 0 spiro atoms. The number of carbonyl (C=O) groups excluding carboxylic acids is 1. The van der Waals surface area contributed by atoms with Crippen molar-refractivity contribution in [1.29, 1.82) is 0 Å². The molecule has 170 valence electrons. The summed E-state index contributed by atoms with van der Waals surface area (Å²) in [5.41, 5.74) is 3.30. The van der Waals surface area contributed by atoms with Gasteiger partial charge in [0.25, 0.3) is 5.91 Å². The molecule has 3 aromatic heterocycles. The molecule has 4 aromatic rings. The molecule has 1 aliphatic heterocycles. The van der Waals surface area contributed by atoms with Gasteiger partial charge in [0.15, 0.2) is 0 Å². The highest BCUT2D eigenvalue weighted by Crippen LogP contribution is 2.30. The van der Waals surface area contributed by atoms with Crippen LogP contribution in [-0.2, 0) is 0 Å². The monoisotopic (exact) mass is 444 g/mol. The molecule has 0 atom stereocenters. The molecule has 0 saturated carbocycles. The Morgan fingerprint density at radius 1 is 1.18 bits per heavy atom. The average molecular weight is 445 g/mol. The number of amides is 1. The summed E-state index contributed by atoms with van der Waals surface area (Å²) in [6.45, 7) is 5.75. The van der Waals surface area contributed by atoms with E-state index in [4.69, 9.17) is 0 Å². The Bertz CT molecular complexity index is 1300. The Morgan fingerprint density at radius 3 is 2.79 bits per heavy atom. The number of hydrogen-bond acceptors (Lipinski definition) is 6. The number of imidazole rings is 1. The van der Waals surface area contributed by atoms with E-state index in [9.17, 15) is 9.90 Å². The Morgan fingerprint density at radius 2 is 2.00 bits per heavy atom. The fourth-order valence-electron chi connectivity index (χ4n) is 4.38. The summed E-state index contributed by atoms with van der Waals surface area (Å²) in [5, 5.41) is 15.0. The van der Waals surface area contributed by atoms with Crippen molar-refractivity contribution in [1.82, 2.24) is 25.3 Å². The van der Waals surface area contributed by atoms with Crippen molar-refractivity contribution in [3.63, 3.8) is 0 Å². The summed E-state index contributed by atoms with van der Waals surface area (Å²) in [6.07, 6.45) is 6.51. The van der Waals surface area contributed by atoms with Crippen molar-refractivity contribution in [3.05, 3.63) is 60.3 Å². The molecule has 3 N–H and O–H groups in total. The minimum Gasteiger partial charge on any atom is -0.388 e. The van der Waals surface area contributed by atoms with Crippen molar-refractivity contribution in [2.45, 2.75) is 38.2 Å². The van der Waals surface area contributed by atoms with Gasteiger partial charge in [0.05, 0.1) is 22.2 Å². The molecule has 5 rings (SSSR count). The molecule has 0 bridgehead atoms. The van der Waals surface area contributed by atoms with Crippen LogP contribution in [0.5, 0.6) is 0 Å². The molecule has 0 unspecified atom stereocenters. The van der Waals surface area contributed by atoms with Crippen LogP contribution in [0.3, 0.4) is 0 Å². The maximum absolute atomic E-state index is 12.8. The lowest BCUT2D eigenvalue weighted by Crippen LogP contribution is -2.51. The summed E-state index contributed by atoms with van der Waals surface area (Å²) >= 11 is 0. The van der Waals surface area contributed by atoms with Gasteiger partial charge in [0, 0.05) is 60.8 Å². The molecule has 8 nitrogen and oxygen atoms in total. The van der Waals surface area contributed by atoms with E-state index in [2.05, 4.69) is 44.0 Å². The van der Waals surface area contributed by atoms with Crippen LogP contribution in [-0.4, -0.2) is 56.2 Å². The van der Waals surface area contributed by atoms with E-state index in [1.54, 1.807) is 18.5 Å². The standard InChI is InChI=1S/C25H28N6O2/c1-16(2)23-29-20-4-3-17(13-21(20)30-23)24(32)28-15-25(33)7-11-31(12-8-25)22-6-10-27-19-5-9-26-14-18(19)22/h3-6,9-10,13-14,16,33H,7-8,11-12,15H2,1-2H3,(H,28,32)(H,29,30). The SMILES string of the molecule is CC(C)c1nc2ccc(C(=O)NCC3(O)CCN(c4ccnc5ccncc45)CC3)cc2[nH]1. The number of aromatic nitrogens is 4. The fraction of sp³-hybridized carbons (Fsp3) is 0.360. The smallest absolute Gasteiger partial charge is 0.251 e. The number of anilines is 1. The van der Waals surface area contributed by atoms with Crippen molar-refractivity contribution < 1.29 is 9.90 Å². The number of hydrogen-bond donors (Lipinski definition) is 3. The van der Waals surface area contributed by atoms with Gasteiger partial charge in [0.2, 0.25) is 0 Å². The van der Waals surface area contributed by atoms with Gasteiger partial charge >= 0.3 is 0 Å². The number of aromatic amines is 1. The predicted molar refractivity (Wildman–Crippen MR) is 128 cm³/mol. The number of H-pyrrole nitrogens is 1. The number of benzene rings is 1. The molecular formula is C25H28N6O2. The number of nitrogens with zero attached hydrogens (tertiary/aromatic N) is 4. The summed E-state index contributed by atoms with van der Waals surface area (Å²) in [7, 11) is 0. The summed E-state index contributed by atoms with van der Waals surface area (Å²) in [6, 6.07) is 9.34. The average Bonchev–Trinajstić information content (AvgIpc) is 3.27. The van der Waals surface area contributed by atoms with Gasteiger partial charge in [-0.2, -0.15) is 0 Å². The van der Waals surface area contributed by atoms with Gasteiger partial charge in [-0.05, 0) is 43.2 Å². The molecule has 0 aliphatic carbocycles. The Labute approximate surface area is 192 Å². The van der Waals surface area contributed by atoms with E-state index in [-0.39, 0.29) is 18.4 Å². The van der Waals surface area contributed by atoms with Crippen molar-refractivity contribution in [2.75, 3.05) is 24.5 Å². The quantitative estimate of drug-likeness (QED) is 0.436. The van der Waals surface area contributed by atoms with E-state index in [1.807, 2.05) is 30.5 Å². The minimum absolute atomic E-state index is 0.195. The summed E-state index contributed by atoms with van der Waals surface area (Å²) in [5.74, 6) is 0.997. The molecule has 8 heteroatoms. The molecule has 1 saturated heterocycles. The lowest BCUT2D eigenvalue weighted by Gasteiger charge is -2.39. The number of fused-ring (bicyclic) bond motifs is 2. The molecule has 1 fully saturated rings. The first-order valence-electron chi connectivity index (χ1n) is 11.4. The number of aliphatic hydroxyl groups is 1.